The van der Waals surface area contributed by atoms with Crippen molar-refractivity contribution >= 4 is 0 Å². The zero-order chi connectivity index (χ0) is 12.3. The second kappa shape index (κ2) is 5.71. The van der Waals surface area contributed by atoms with E-state index in [2.05, 4.69) is 18.7 Å². The lowest BCUT2D eigenvalue weighted by molar-refractivity contribution is 0.0985. The maximum atomic E-state index is 6.09. The number of nitrogens with two attached hydrogens (primary N) is 1. The van der Waals surface area contributed by atoms with Gasteiger partial charge in [0.1, 0.15) is 0 Å². The fourth-order valence-electron chi connectivity index (χ4n) is 3.40. The standard InChI is InChI=1S/C15H30N2/c1-3-13-5-4-9-17(10-8-13)15(2,12-16)11-14-6-7-14/h13-14H,3-12,16H2,1-2H3. The lowest BCUT2D eigenvalue weighted by Crippen LogP contribution is -2.52. The molecule has 1 saturated carbocycles. The molecule has 0 amide bonds. The molecule has 100 valence electrons. The van der Waals surface area contributed by atoms with Crippen molar-refractivity contribution in [3.05, 3.63) is 0 Å². The van der Waals surface area contributed by atoms with Gasteiger partial charge < -0.3 is 5.73 Å². The summed E-state index contributed by atoms with van der Waals surface area (Å²) in [7, 11) is 0. The topological polar surface area (TPSA) is 29.3 Å². The van der Waals surface area contributed by atoms with Gasteiger partial charge in [-0.15, -0.1) is 0 Å². The summed E-state index contributed by atoms with van der Waals surface area (Å²) in [4.78, 5) is 2.71. The second-order valence-electron chi connectivity index (χ2n) is 6.54. The quantitative estimate of drug-likeness (QED) is 0.798. The van der Waals surface area contributed by atoms with Gasteiger partial charge in [0.15, 0.2) is 0 Å². The van der Waals surface area contributed by atoms with Crippen molar-refractivity contribution in [2.75, 3.05) is 19.6 Å². The number of nitrogens with zero attached hydrogens (tertiary/aromatic N) is 1. The summed E-state index contributed by atoms with van der Waals surface area (Å²) in [6.07, 6.45) is 9.77. The van der Waals surface area contributed by atoms with Crippen LogP contribution in [-0.4, -0.2) is 30.1 Å². The average Bonchev–Trinajstić information content (AvgIpc) is 3.14. The highest BCUT2D eigenvalue weighted by Crippen LogP contribution is 2.39. The molecule has 1 saturated heterocycles. The van der Waals surface area contributed by atoms with Crippen LogP contribution in [0, 0.1) is 11.8 Å². The monoisotopic (exact) mass is 238 g/mol. The lowest BCUT2D eigenvalue weighted by atomic mass is 9.92. The van der Waals surface area contributed by atoms with E-state index in [9.17, 15) is 0 Å². The van der Waals surface area contributed by atoms with Gasteiger partial charge in [-0.2, -0.15) is 0 Å². The minimum absolute atomic E-state index is 0.282. The maximum Gasteiger partial charge on any atom is 0.0306 e. The zero-order valence-corrected chi connectivity index (χ0v) is 11.8. The fourth-order valence-corrected chi connectivity index (χ4v) is 3.40. The molecule has 2 atom stereocenters. The Morgan fingerprint density at radius 2 is 1.88 bits per heavy atom. The molecule has 2 fully saturated rings. The Labute approximate surface area is 107 Å². The third kappa shape index (κ3) is 3.45. The summed E-state index contributed by atoms with van der Waals surface area (Å²) >= 11 is 0. The van der Waals surface area contributed by atoms with E-state index in [-0.39, 0.29) is 5.54 Å². The normalized spacial score (nSPS) is 30.9. The van der Waals surface area contributed by atoms with Crippen molar-refractivity contribution in [1.29, 1.82) is 0 Å². The molecule has 17 heavy (non-hydrogen) atoms. The molecule has 2 aliphatic rings. The highest BCUT2D eigenvalue weighted by molar-refractivity contribution is 4.93. The van der Waals surface area contributed by atoms with Gasteiger partial charge in [0.2, 0.25) is 0 Å². The van der Waals surface area contributed by atoms with E-state index in [1.807, 2.05) is 0 Å². The third-order valence-corrected chi connectivity index (χ3v) is 5.05. The maximum absolute atomic E-state index is 6.09. The van der Waals surface area contributed by atoms with Gasteiger partial charge in [-0.3, -0.25) is 4.90 Å². The summed E-state index contributed by atoms with van der Waals surface area (Å²) in [5.74, 6) is 1.94. The predicted molar refractivity (Wildman–Crippen MR) is 74.0 cm³/mol. The first-order chi connectivity index (χ1) is 8.18. The van der Waals surface area contributed by atoms with E-state index < -0.39 is 0 Å². The molecule has 1 aliphatic heterocycles. The van der Waals surface area contributed by atoms with Crippen LogP contribution >= 0.6 is 0 Å². The molecular formula is C15H30N2. The Bertz CT molecular complexity index is 237. The minimum atomic E-state index is 0.282. The molecule has 0 aromatic rings. The van der Waals surface area contributed by atoms with E-state index in [4.69, 9.17) is 5.73 Å². The van der Waals surface area contributed by atoms with Gasteiger partial charge >= 0.3 is 0 Å². The first-order valence-electron chi connectivity index (χ1n) is 7.63. The number of hydrogen-bond donors (Lipinski definition) is 1. The van der Waals surface area contributed by atoms with E-state index in [0.29, 0.717) is 0 Å². The number of hydrogen-bond acceptors (Lipinski definition) is 2. The summed E-state index contributed by atoms with van der Waals surface area (Å²) < 4.78 is 0. The molecule has 0 spiro atoms. The number of rotatable bonds is 5. The summed E-state index contributed by atoms with van der Waals surface area (Å²) in [5.41, 5.74) is 6.37. The molecule has 0 bridgehead atoms. The van der Waals surface area contributed by atoms with E-state index in [1.54, 1.807) is 0 Å². The highest BCUT2D eigenvalue weighted by Gasteiger charge is 2.37. The molecule has 1 heterocycles. The van der Waals surface area contributed by atoms with Crippen molar-refractivity contribution in [1.82, 2.24) is 4.90 Å². The van der Waals surface area contributed by atoms with Crippen LogP contribution in [0.1, 0.15) is 58.8 Å². The Balaban J connectivity index is 1.93. The van der Waals surface area contributed by atoms with Crippen molar-refractivity contribution in [3.8, 4) is 0 Å². The molecule has 2 N–H and O–H groups in total. The smallest absolute Gasteiger partial charge is 0.0306 e. The van der Waals surface area contributed by atoms with Gasteiger partial charge in [-0.1, -0.05) is 26.2 Å². The summed E-state index contributed by atoms with van der Waals surface area (Å²) in [5, 5.41) is 0. The van der Waals surface area contributed by atoms with Crippen molar-refractivity contribution in [2.24, 2.45) is 17.6 Å². The second-order valence-corrected chi connectivity index (χ2v) is 6.54. The SMILES string of the molecule is CCC1CCCN(C(C)(CN)CC2CC2)CC1. The first-order valence-corrected chi connectivity index (χ1v) is 7.63. The van der Waals surface area contributed by atoms with Crippen LogP contribution in [0.15, 0.2) is 0 Å². The van der Waals surface area contributed by atoms with E-state index in [1.165, 1.54) is 58.0 Å². The van der Waals surface area contributed by atoms with Crippen LogP contribution in [0.2, 0.25) is 0 Å². The first kappa shape index (κ1) is 13.4. The third-order valence-electron chi connectivity index (χ3n) is 5.05. The molecule has 1 aliphatic carbocycles. The lowest BCUT2D eigenvalue weighted by Gasteiger charge is -2.40. The molecule has 2 heteroatoms. The van der Waals surface area contributed by atoms with Gasteiger partial charge in [0.25, 0.3) is 0 Å². The molecule has 0 aromatic carbocycles. The molecule has 0 radical (unpaired) electrons. The van der Waals surface area contributed by atoms with E-state index >= 15 is 0 Å². The number of likely N-dealkylation sites (tertiary alicyclic amines) is 1. The van der Waals surface area contributed by atoms with Crippen LogP contribution in [0.25, 0.3) is 0 Å². The van der Waals surface area contributed by atoms with Crippen molar-refractivity contribution in [2.45, 2.75) is 64.3 Å². The predicted octanol–water partition coefficient (Wildman–Crippen LogP) is 3.02. The molecule has 2 nitrogen and oxygen atoms in total. The molecular weight excluding hydrogens is 208 g/mol. The molecule has 2 unspecified atom stereocenters. The van der Waals surface area contributed by atoms with Crippen LogP contribution < -0.4 is 5.73 Å². The largest absolute Gasteiger partial charge is 0.329 e. The minimum Gasteiger partial charge on any atom is -0.329 e. The Kier molecular flexibility index (Phi) is 4.48. The Morgan fingerprint density at radius 1 is 1.12 bits per heavy atom. The summed E-state index contributed by atoms with van der Waals surface area (Å²) in [6, 6.07) is 0. The zero-order valence-electron chi connectivity index (χ0n) is 11.8. The van der Waals surface area contributed by atoms with Crippen LogP contribution in [0.3, 0.4) is 0 Å². The van der Waals surface area contributed by atoms with Crippen molar-refractivity contribution < 1.29 is 0 Å². The molecule has 0 aromatic heterocycles. The average molecular weight is 238 g/mol. The van der Waals surface area contributed by atoms with Gasteiger partial charge in [-0.25, -0.2) is 0 Å². The molecule has 2 rings (SSSR count). The summed E-state index contributed by atoms with van der Waals surface area (Å²) in [6.45, 7) is 8.13. The van der Waals surface area contributed by atoms with Crippen LogP contribution in [0.5, 0.6) is 0 Å². The fraction of sp³-hybridized carbons (Fsp3) is 1.00. The highest BCUT2D eigenvalue weighted by atomic mass is 15.2. The van der Waals surface area contributed by atoms with Crippen molar-refractivity contribution in [3.63, 3.8) is 0 Å². The van der Waals surface area contributed by atoms with Crippen LogP contribution in [0.4, 0.5) is 0 Å². The Hall–Kier alpha value is -0.0800. The van der Waals surface area contributed by atoms with Gasteiger partial charge in [-0.05, 0) is 57.5 Å². The van der Waals surface area contributed by atoms with E-state index in [0.717, 1.165) is 18.4 Å². The van der Waals surface area contributed by atoms with Crippen LogP contribution in [-0.2, 0) is 0 Å². The van der Waals surface area contributed by atoms with Gasteiger partial charge in [0, 0.05) is 12.1 Å². The van der Waals surface area contributed by atoms with Gasteiger partial charge in [0.05, 0.1) is 0 Å². The Morgan fingerprint density at radius 3 is 2.47 bits per heavy atom.